The Kier molecular flexibility index (Phi) is 4.21. The minimum atomic E-state index is -1.49. The molecule has 1 aromatic carbocycles. The molecule has 1 fully saturated rings. The number of carbonyl (C=O) groups is 3. The van der Waals surface area contributed by atoms with E-state index in [1.54, 1.807) is 24.3 Å². The first kappa shape index (κ1) is 17.9. The first-order valence-electron chi connectivity index (χ1n) is 8.07. The number of aliphatic hydroxyl groups is 1. The van der Waals surface area contributed by atoms with Gasteiger partial charge in [0.05, 0.1) is 12.1 Å². The van der Waals surface area contributed by atoms with E-state index in [1.807, 2.05) is 0 Å². The summed E-state index contributed by atoms with van der Waals surface area (Å²) in [6.07, 6.45) is -0.877. The molecule has 3 rings (SSSR count). The molecule has 0 aromatic heterocycles. The predicted molar refractivity (Wildman–Crippen MR) is 91.3 cm³/mol. The Balaban J connectivity index is 1.97. The number of nitrogens with zero attached hydrogens (tertiary/aromatic N) is 1. The Labute approximate surface area is 149 Å². The number of carboxylic acid groups (broad SMARTS) is 1. The Morgan fingerprint density at radius 2 is 2.15 bits per heavy atom. The molecule has 7 N–H and O–H groups in total. The van der Waals surface area contributed by atoms with E-state index in [4.69, 9.17) is 11.5 Å². The van der Waals surface area contributed by atoms with Gasteiger partial charge in [0, 0.05) is 6.54 Å². The van der Waals surface area contributed by atoms with Gasteiger partial charge in [0.25, 0.3) is 5.91 Å². The molecule has 1 saturated heterocycles. The zero-order valence-electron chi connectivity index (χ0n) is 14.1. The number of benzene rings is 1. The molecule has 3 amide bonds. The zero-order valence-corrected chi connectivity index (χ0v) is 14.1. The first-order chi connectivity index (χ1) is 12.2. The molecule has 2 aliphatic rings. The number of carbonyl (C=O) groups excluding carboxylic acids is 2. The van der Waals surface area contributed by atoms with Gasteiger partial charge in [-0.25, -0.2) is 9.59 Å². The van der Waals surface area contributed by atoms with E-state index in [2.05, 4.69) is 5.32 Å². The van der Waals surface area contributed by atoms with Crippen molar-refractivity contribution >= 4 is 23.5 Å². The number of aliphatic carboxylic acids is 1. The molecule has 1 aromatic rings. The second kappa shape index (κ2) is 6.11. The third kappa shape index (κ3) is 2.52. The van der Waals surface area contributed by atoms with E-state index in [0.29, 0.717) is 11.1 Å². The van der Waals surface area contributed by atoms with Crippen LogP contribution in [-0.2, 0) is 16.1 Å². The van der Waals surface area contributed by atoms with E-state index >= 15 is 0 Å². The summed E-state index contributed by atoms with van der Waals surface area (Å²) in [6, 6.07) is 5.67. The molecule has 26 heavy (non-hydrogen) atoms. The normalized spacial score (nSPS) is 25.6. The van der Waals surface area contributed by atoms with Gasteiger partial charge in [-0.1, -0.05) is 18.2 Å². The molecular formula is C17H20N4O5. The summed E-state index contributed by atoms with van der Waals surface area (Å²) in [5, 5.41) is 22.0. The van der Waals surface area contributed by atoms with Gasteiger partial charge in [-0.05, 0) is 36.1 Å². The molecule has 138 valence electrons. The van der Waals surface area contributed by atoms with Crippen LogP contribution in [0.4, 0.5) is 4.79 Å². The van der Waals surface area contributed by atoms with Crippen molar-refractivity contribution in [3.63, 3.8) is 0 Å². The highest BCUT2D eigenvalue weighted by Crippen LogP contribution is 2.48. The number of amides is 3. The number of nitrogens with one attached hydrogen (secondary N) is 1. The lowest BCUT2D eigenvalue weighted by Gasteiger charge is -2.52. The van der Waals surface area contributed by atoms with Crippen LogP contribution in [0.2, 0.25) is 0 Å². The fourth-order valence-electron chi connectivity index (χ4n) is 3.60. The quantitative estimate of drug-likeness (QED) is 0.438. The van der Waals surface area contributed by atoms with Crippen LogP contribution in [0, 0.1) is 0 Å². The van der Waals surface area contributed by atoms with Crippen LogP contribution >= 0.6 is 0 Å². The molecule has 0 radical (unpaired) electrons. The largest absolute Gasteiger partial charge is 0.477 e. The Morgan fingerprint density at radius 1 is 1.46 bits per heavy atom. The van der Waals surface area contributed by atoms with Crippen LogP contribution in [0.1, 0.15) is 24.5 Å². The van der Waals surface area contributed by atoms with E-state index in [-0.39, 0.29) is 18.7 Å². The smallest absolute Gasteiger partial charge is 0.352 e. The van der Waals surface area contributed by atoms with Crippen molar-refractivity contribution in [2.45, 2.75) is 37.6 Å². The van der Waals surface area contributed by atoms with Gasteiger partial charge in [0.1, 0.15) is 11.2 Å². The van der Waals surface area contributed by atoms with Crippen molar-refractivity contribution in [1.82, 2.24) is 10.2 Å². The molecule has 9 nitrogen and oxygen atoms in total. The highest BCUT2D eigenvalue weighted by Gasteiger charge is 2.65. The van der Waals surface area contributed by atoms with Crippen LogP contribution in [0.25, 0.3) is 5.57 Å². The minimum Gasteiger partial charge on any atom is -0.477 e. The summed E-state index contributed by atoms with van der Waals surface area (Å²) < 4.78 is 0. The van der Waals surface area contributed by atoms with Gasteiger partial charge in [-0.15, -0.1) is 0 Å². The molecule has 0 spiro atoms. The van der Waals surface area contributed by atoms with E-state index in [0.717, 1.165) is 10.5 Å². The van der Waals surface area contributed by atoms with Gasteiger partial charge in [0.15, 0.2) is 0 Å². The lowest BCUT2D eigenvalue weighted by atomic mass is 9.75. The van der Waals surface area contributed by atoms with Crippen molar-refractivity contribution < 1.29 is 24.6 Å². The summed E-state index contributed by atoms with van der Waals surface area (Å²) in [4.78, 5) is 36.2. The van der Waals surface area contributed by atoms with Crippen molar-refractivity contribution in [2.24, 2.45) is 11.5 Å². The highest BCUT2D eigenvalue weighted by molar-refractivity contribution is 6.09. The number of β-lactam (4-membered cyclic amide) rings is 1. The Bertz CT molecular complexity index is 834. The van der Waals surface area contributed by atoms with Gasteiger partial charge >= 0.3 is 12.0 Å². The first-order valence-corrected chi connectivity index (χ1v) is 8.07. The van der Waals surface area contributed by atoms with Crippen LogP contribution in [0.3, 0.4) is 0 Å². The van der Waals surface area contributed by atoms with Crippen LogP contribution in [-0.4, -0.2) is 50.7 Å². The van der Waals surface area contributed by atoms with Crippen molar-refractivity contribution in [2.75, 3.05) is 0 Å². The molecule has 3 atom stereocenters. The van der Waals surface area contributed by atoms with E-state index in [1.165, 1.54) is 6.92 Å². The molecule has 2 aliphatic heterocycles. The molecule has 2 heterocycles. The fourth-order valence-corrected chi connectivity index (χ4v) is 3.60. The summed E-state index contributed by atoms with van der Waals surface area (Å²) >= 11 is 0. The van der Waals surface area contributed by atoms with E-state index < -0.39 is 35.6 Å². The molecule has 9 heteroatoms. The summed E-state index contributed by atoms with van der Waals surface area (Å²) in [7, 11) is 0. The molecule has 0 saturated carbocycles. The zero-order chi connectivity index (χ0) is 19.2. The second-order valence-electron chi connectivity index (χ2n) is 6.55. The maximum atomic E-state index is 12.4. The van der Waals surface area contributed by atoms with Crippen LogP contribution in [0.5, 0.6) is 0 Å². The molecule has 3 unspecified atom stereocenters. The maximum Gasteiger partial charge on any atom is 0.352 e. The molecule has 0 aliphatic carbocycles. The van der Waals surface area contributed by atoms with Crippen molar-refractivity contribution in [3.05, 3.63) is 41.1 Å². The minimum absolute atomic E-state index is 0.123. The molecular weight excluding hydrogens is 340 g/mol. The van der Waals surface area contributed by atoms with Gasteiger partial charge in [-0.2, -0.15) is 0 Å². The lowest BCUT2D eigenvalue weighted by Crippen LogP contribution is -2.80. The fraction of sp³-hybridized carbons (Fsp3) is 0.353. The SMILES string of the molecule is CC(O)C1(N)C(=O)N2C(C(=O)O)=C(c3cccc(CNC(N)=O)c3)CC21. The predicted octanol–water partition coefficient (Wildman–Crippen LogP) is -0.657. The molecule has 0 bridgehead atoms. The van der Waals surface area contributed by atoms with Gasteiger partial charge in [-0.3, -0.25) is 9.69 Å². The summed E-state index contributed by atoms with van der Waals surface area (Å²) in [6.45, 7) is 1.61. The Hall–Kier alpha value is -2.91. The number of urea groups is 1. The monoisotopic (exact) mass is 360 g/mol. The summed E-state index contributed by atoms with van der Waals surface area (Å²) in [5.41, 5.74) is 11.3. The van der Waals surface area contributed by atoms with Crippen molar-refractivity contribution in [1.29, 1.82) is 0 Å². The number of hydrogen-bond acceptors (Lipinski definition) is 5. The standard InChI is InChI=1S/C17H20N4O5/c1-8(22)17(19)12-6-11(13(14(23)24)21(12)15(17)25)10-4-2-3-9(5-10)7-20-16(18)26/h2-5,8,12,22H,6-7,19H2,1H3,(H,23,24)(H3,18,20,26). The average molecular weight is 360 g/mol. The summed E-state index contributed by atoms with van der Waals surface area (Å²) in [5.74, 6) is -1.83. The number of fused-ring (bicyclic) bond motifs is 1. The van der Waals surface area contributed by atoms with Gasteiger partial charge < -0.3 is 27.0 Å². The third-order valence-electron chi connectivity index (χ3n) is 5.01. The van der Waals surface area contributed by atoms with E-state index in [9.17, 15) is 24.6 Å². The average Bonchev–Trinajstić information content (AvgIpc) is 2.97. The maximum absolute atomic E-state index is 12.4. The van der Waals surface area contributed by atoms with Crippen LogP contribution in [0.15, 0.2) is 30.0 Å². The highest BCUT2D eigenvalue weighted by atomic mass is 16.4. The topological polar surface area (TPSA) is 159 Å². The number of rotatable bonds is 5. The number of nitrogens with two attached hydrogens (primary N) is 2. The number of primary amides is 1. The van der Waals surface area contributed by atoms with Gasteiger partial charge in [0.2, 0.25) is 0 Å². The lowest BCUT2D eigenvalue weighted by molar-refractivity contribution is -0.165. The second-order valence-corrected chi connectivity index (χ2v) is 6.55. The number of hydrogen-bond donors (Lipinski definition) is 5. The third-order valence-corrected chi connectivity index (χ3v) is 5.01. The number of aliphatic hydroxyl groups excluding tert-OH is 1. The number of carboxylic acids is 1. The van der Waals surface area contributed by atoms with Crippen LogP contribution < -0.4 is 16.8 Å². The Morgan fingerprint density at radius 3 is 2.73 bits per heavy atom. The van der Waals surface area contributed by atoms with Crippen molar-refractivity contribution in [3.8, 4) is 0 Å².